The standard InChI is InChI=1S/C25H21BrN2O2/c1-15-12-18(26)13-21-22(25(29)27-19-10-7-11-20(14-19)30-3)16(2)24(28-23(15)21)17-8-5-4-6-9-17/h4-14H,1-3H3,(H,27,29). The molecule has 4 nitrogen and oxygen atoms in total. The molecule has 0 saturated heterocycles. The zero-order valence-corrected chi connectivity index (χ0v) is 18.6. The predicted octanol–water partition coefficient (Wildman–Crippen LogP) is 6.54. The highest BCUT2D eigenvalue weighted by Gasteiger charge is 2.20. The maximum atomic E-state index is 13.5. The first-order chi connectivity index (χ1) is 14.5. The van der Waals surface area contributed by atoms with Crippen LogP contribution in [0, 0.1) is 13.8 Å². The second-order valence-corrected chi connectivity index (χ2v) is 8.05. The topological polar surface area (TPSA) is 51.2 Å². The summed E-state index contributed by atoms with van der Waals surface area (Å²) in [5.74, 6) is 0.510. The van der Waals surface area contributed by atoms with E-state index in [0.717, 1.165) is 37.8 Å². The van der Waals surface area contributed by atoms with Crippen molar-refractivity contribution in [2.24, 2.45) is 0 Å². The SMILES string of the molecule is COc1cccc(NC(=O)c2c(C)c(-c3ccccc3)nc3c(C)cc(Br)cc23)c1. The van der Waals surface area contributed by atoms with E-state index in [1.165, 1.54) is 0 Å². The molecule has 0 aliphatic carbocycles. The molecular formula is C25H21BrN2O2. The van der Waals surface area contributed by atoms with Gasteiger partial charge >= 0.3 is 0 Å². The van der Waals surface area contributed by atoms with Crippen LogP contribution in [-0.4, -0.2) is 18.0 Å². The van der Waals surface area contributed by atoms with Crippen LogP contribution in [0.15, 0.2) is 71.2 Å². The van der Waals surface area contributed by atoms with Crippen molar-refractivity contribution in [3.8, 4) is 17.0 Å². The second-order valence-electron chi connectivity index (χ2n) is 7.13. The minimum atomic E-state index is -0.178. The van der Waals surface area contributed by atoms with Crippen molar-refractivity contribution in [3.05, 3.63) is 87.9 Å². The number of methoxy groups -OCH3 is 1. The number of halogens is 1. The van der Waals surface area contributed by atoms with Gasteiger partial charge < -0.3 is 10.1 Å². The number of aromatic nitrogens is 1. The second kappa shape index (κ2) is 8.28. The van der Waals surface area contributed by atoms with E-state index in [0.29, 0.717) is 17.0 Å². The van der Waals surface area contributed by atoms with Gasteiger partial charge in [-0.2, -0.15) is 0 Å². The number of benzene rings is 3. The van der Waals surface area contributed by atoms with Crippen molar-refractivity contribution in [2.45, 2.75) is 13.8 Å². The number of nitrogens with zero attached hydrogens (tertiary/aromatic N) is 1. The van der Waals surface area contributed by atoms with Gasteiger partial charge in [-0.15, -0.1) is 0 Å². The van der Waals surface area contributed by atoms with Crippen LogP contribution in [0.5, 0.6) is 5.75 Å². The van der Waals surface area contributed by atoms with Gasteiger partial charge in [0.05, 0.1) is 23.9 Å². The molecule has 0 radical (unpaired) electrons. The van der Waals surface area contributed by atoms with Gasteiger partial charge in [0.15, 0.2) is 0 Å². The molecule has 0 atom stereocenters. The predicted molar refractivity (Wildman–Crippen MR) is 125 cm³/mol. The molecular weight excluding hydrogens is 440 g/mol. The lowest BCUT2D eigenvalue weighted by molar-refractivity contribution is 0.102. The Bertz CT molecular complexity index is 1250. The van der Waals surface area contributed by atoms with Crippen LogP contribution in [-0.2, 0) is 0 Å². The Kier molecular flexibility index (Phi) is 5.55. The highest BCUT2D eigenvalue weighted by molar-refractivity contribution is 9.10. The third-order valence-corrected chi connectivity index (χ3v) is 5.55. The third kappa shape index (κ3) is 3.81. The normalized spacial score (nSPS) is 10.8. The lowest BCUT2D eigenvalue weighted by Crippen LogP contribution is -2.15. The summed E-state index contributed by atoms with van der Waals surface area (Å²) >= 11 is 3.56. The van der Waals surface area contributed by atoms with E-state index in [-0.39, 0.29) is 5.91 Å². The van der Waals surface area contributed by atoms with Gasteiger partial charge in [0.2, 0.25) is 0 Å². The molecule has 1 aromatic heterocycles. The molecule has 0 spiro atoms. The van der Waals surface area contributed by atoms with E-state index in [2.05, 4.69) is 21.2 Å². The quantitative estimate of drug-likeness (QED) is 0.375. The molecule has 30 heavy (non-hydrogen) atoms. The summed E-state index contributed by atoms with van der Waals surface area (Å²) in [6.45, 7) is 3.96. The highest BCUT2D eigenvalue weighted by atomic mass is 79.9. The van der Waals surface area contributed by atoms with Crippen molar-refractivity contribution in [1.82, 2.24) is 4.98 Å². The van der Waals surface area contributed by atoms with Gasteiger partial charge in [-0.3, -0.25) is 4.79 Å². The fraction of sp³-hybridized carbons (Fsp3) is 0.120. The molecule has 1 N–H and O–H groups in total. The number of carbonyl (C=O) groups is 1. The first kappa shape index (κ1) is 20.1. The molecule has 0 aliphatic rings. The fourth-order valence-electron chi connectivity index (χ4n) is 3.65. The monoisotopic (exact) mass is 460 g/mol. The summed E-state index contributed by atoms with van der Waals surface area (Å²) in [5.41, 5.74) is 5.75. The first-order valence-electron chi connectivity index (χ1n) is 9.59. The van der Waals surface area contributed by atoms with E-state index < -0.39 is 0 Å². The minimum absolute atomic E-state index is 0.178. The third-order valence-electron chi connectivity index (χ3n) is 5.09. The number of anilines is 1. The summed E-state index contributed by atoms with van der Waals surface area (Å²) < 4.78 is 6.19. The minimum Gasteiger partial charge on any atom is -0.497 e. The van der Waals surface area contributed by atoms with Crippen LogP contribution < -0.4 is 10.1 Å². The zero-order chi connectivity index (χ0) is 21.3. The summed E-state index contributed by atoms with van der Waals surface area (Å²) in [7, 11) is 1.61. The van der Waals surface area contributed by atoms with Crippen LogP contribution >= 0.6 is 15.9 Å². The molecule has 4 rings (SSSR count). The Morgan fingerprint density at radius 3 is 2.50 bits per heavy atom. The summed E-state index contributed by atoms with van der Waals surface area (Å²) in [6, 6.07) is 21.3. The van der Waals surface area contributed by atoms with Crippen molar-refractivity contribution < 1.29 is 9.53 Å². The van der Waals surface area contributed by atoms with Crippen LogP contribution in [0.4, 0.5) is 5.69 Å². The zero-order valence-electron chi connectivity index (χ0n) is 17.0. The molecule has 1 amide bonds. The lowest BCUT2D eigenvalue weighted by Gasteiger charge is -2.16. The number of carbonyl (C=O) groups excluding carboxylic acids is 1. The molecule has 1 heterocycles. The molecule has 5 heteroatoms. The first-order valence-corrected chi connectivity index (χ1v) is 10.4. The van der Waals surface area contributed by atoms with Gasteiger partial charge in [0.1, 0.15) is 5.75 Å². The van der Waals surface area contributed by atoms with Gasteiger partial charge in [-0.25, -0.2) is 4.98 Å². The Balaban J connectivity index is 1.92. The van der Waals surface area contributed by atoms with Gasteiger partial charge in [0, 0.05) is 27.2 Å². The smallest absolute Gasteiger partial charge is 0.256 e. The average Bonchev–Trinajstić information content (AvgIpc) is 2.74. The van der Waals surface area contributed by atoms with E-state index in [9.17, 15) is 4.79 Å². The summed E-state index contributed by atoms with van der Waals surface area (Å²) in [5, 5.41) is 3.84. The largest absolute Gasteiger partial charge is 0.497 e. The number of pyridine rings is 1. The van der Waals surface area contributed by atoms with E-state index in [4.69, 9.17) is 9.72 Å². The fourth-order valence-corrected chi connectivity index (χ4v) is 4.23. The Morgan fingerprint density at radius 1 is 1.00 bits per heavy atom. The number of rotatable bonds is 4. The number of ether oxygens (including phenoxy) is 1. The van der Waals surface area contributed by atoms with Crippen LogP contribution in [0.3, 0.4) is 0 Å². The number of fused-ring (bicyclic) bond motifs is 1. The highest BCUT2D eigenvalue weighted by Crippen LogP contribution is 2.33. The number of hydrogen-bond acceptors (Lipinski definition) is 3. The van der Waals surface area contributed by atoms with Crippen LogP contribution in [0.2, 0.25) is 0 Å². The van der Waals surface area contributed by atoms with Crippen molar-refractivity contribution >= 4 is 38.4 Å². The molecule has 0 aliphatic heterocycles. The number of amides is 1. The van der Waals surface area contributed by atoms with Gasteiger partial charge in [0.25, 0.3) is 5.91 Å². The maximum absolute atomic E-state index is 13.5. The van der Waals surface area contributed by atoms with E-state index in [1.54, 1.807) is 13.2 Å². The number of nitrogens with one attached hydrogen (secondary N) is 1. The number of hydrogen-bond donors (Lipinski definition) is 1. The molecule has 0 unspecified atom stereocenters. The van der Waals surface area contributed by atoms with Crippen molar-refractivity contribution in [2.75, 3.05) is 12.4 Å². The molecule has 0 bridgehead atoms. The van der Waals surface area contributed by atoms with Crippen LogP contribution in [0.1, 0.15) is 21.5 Å². The molecule has 150 valence electrons. The molecule has 0 saturated carbocycles. The Hall–Kier alpha value is -3.18. The van der Waals surface area contributed by atoms with Gasteiger partial charge in [-0.05, 0) is 49.2 Å². The maximum Gasteiger partial charge on any atom is 0.256 e. The Morgan fingerprint density at radius 2 is 1.77 bits per heavy atom. The molecule has 3 aromatic carbocycles. The van der Waals surface area contributed by atoms with Crippen LogP contribution in [0.25, 0.3) is 22.2 Å². The summed E-state index contributed by atoms with van der Waals surface area (Å²) in [4.78, 5) is 18.4. The van der Waals surface area contributed by atoms with Crippen molar-refractivity contribution in [3.63, 3.8) is 0 Å². The average molecular weight is 461 g/mol. The Labute approximate surface area is 184 Å². The number of aryl methyl sites for hydroxylation is 1. The van der Waals surface area contributed by atoms with Gasteiger partial charge in [-0.1, -0.05) is 52.3 Å². The lowest BCUT2D eigenvalue weighted by atomic mass is 9.96. The molecule has 4 aromatic rings. The van der Waals surface area contributed by atoms with Crippen molar-refractivity contribution in [1.29, 1.82) is 0 Å². The van der Waals surface area contributed by atoms with E-state index >= 15 is 0 Å². The van der Waals surface area contributed by atoms with E-state index in [1.807, 2.05) is 74.5 Å². The molecule has 0 fully saturated rings. The summed E-state index contributed by atoms with van der Waals surface area (Å²) in [6.07, 6.45) is 0.